The van der Waals surface area contributed by atoms with Gasteiger partial charge in [0.2, 0.25) is 0 Å². The maximum Gasteiger partial charge on any atom is 0.347 e. The third kappa shape index (κ3) is 2.65. The third-order valence-electron chi connectivity index (χ3n) is 4.01. The van der Waals surface area contributed by atoms with Crippen molar-refractivity contribution in [3.05, 3.63) is 71.8 Å². The number of benzene rings is 2. The quantitative estimate of drug-likeness (QED) is 0.691. The van der Waals surface area contributed by atoms with E-state index in [9.17, 15) is 14.7 Å². The van der Waals surface area contributed by atoms with Crippen LogP contribution in [0.5, 0.6) is 0 Å². The smallest absolute Gasteiger partial charge is 0.347 e. The minimum absolute atomic E-state index is 0.0654. The predicted molar refractivity (Wildman–Crippen MR) is 79.8 cm³/mol. The van der Waals surface area contributed by atoms with Crippen molar-refractivity contribution in [2.45, 2.75) is 18.4 Å². The lowest BCUT2D eigenvalue weighted by Gasteiger charge is -2.24. The standard InChI is InChI=1S/C18H16O4/c19-16-15(11-13-7-3-1-4-8-13)18(21,17(20)22-16)12-14-9-5-2-6-10-14/h1-10,15,21H,11-12H2. The van der Waals surface area contributed by atoms with E-state index in [1.807, 2.05) is 60.7 Å². The second kappa shape index (κ2) is 5.73. The SMILES string of the molecule is O=C1OC(=O)C(O)(Cc2ccccc2)C1Cc1ccccc1. The first-order valence-corrected chi connectivity index (χ1v) is 7.16. The van der Waals surface area contributed by atoms with Crippen molar-refractivity contribution in [2.75, 3.05) is 0 Å². The molecular formula is C18H16O4. The zero-order valence-corrected chi connectivity index (χ0v) is 11.9. The fourth-order valence-electron chi connectivity index (χ4n) is 2.79. The number of cyclic esters (lactones) is 2. The Hall–Kier alpha value is -2.46. The van der Waals surface area contributed by atoms with Gasteiger partial charge in [0.05, 0.1) is 0 Å². The number of hydrogen-bond acceptors (Lipinski definition) is 4. The van der Waals surface area contributed by atoms with Gasteiger partial charge in [-0.2, -0.15) is 0 Å². The van der Waals surface area contributed by atoms with Gasteiger partial charge in [-0.1, -0.05) is 60.7 Å². The first-order chi connectivity index (χ1) is 10.6. The van der Waals surface area contributed by atoms with E-state index in [2.05, 4.69) is 0 Å². The van der Waals surface area contributed by atoms with Crippen molar-refractivity contribution in [1.29, 1.82) is 0 Å². The number of rotatable bonds is 4. The van der Waals surface area contributed by atoms with Gasteiger partial charge in [-0.15, -0.1) is 0 Å². The van der Waals surface area contributed by atoms with Gasteiger partial charge in [0.1, 0.15) is 5.92 Å². The average molecular weight is 296 g/mol. The molecule has 0 aromatic heterocycles. The van der Waals surface area contributed by atoms with Crippen molar-refractivity contribution < 1.29 is 19.4 Å². The van der Waals surface area contributed by atoms with Crippen molar-refractivity contribution in [3.63, 3.8) is 0 Å². The van der Waals surface area contributed by atoms with Crippen LogP contribution < -0.4 is 0 Å². The van der Waals surface area contributed by atoms with E-state index in [4.69, 9.17) is 4.74 Å². The molecule has 0 spiro atoms. The van der Waals surface area contributed by atoms with Crippen LogP contribution in [0.1, 0.15) is 11.1 Å². The van der Waals surface area contributed by atoms with Gasteiger partial charge in [-0.3, -0.25) is 4.79 Å². The summed E-state index contributed by atoms with van der Waals surface area (Å²) in [5.74, 6) is -2.41. The highest BCUT2D eigenvalue weighted by molar-refractivity contribution is 6.01. The first-order valence-electron chi connectivity index (χ1n) is 7.16. The van der Waals surface area contributed by atoms with E-state index in [1.165, 1.54) is 0 Å². The molecule has 2 aromatic rings. The summed E-state index contributed by atoms with van der Waals surface area (Å²) >= 11 is 0. The molecule has 1 heterocycles. The molecule has 4 nitrogen and oxygen atoms in total. The topological polar surface area (TPSA) is 63.6 Å². The van der Waals surface area contributed by atoms with Gasteiger partial charge >= 0.3 is 11.9 Å². The predicted octanol–water partition coefficient (Wildman–Crippen LogP) is 1.90. The molecule has 0 saturated carbocycles. The summed E-state index contributed by atoms with van der Waals surface area (Å²) < 4.78 is 4.71. The van der Waals surface area contributed by atoms with E-state index in [0.29, 0.717) is 0 Å². The van der Waals surface area contributed by atoms with Gasteiger partial charge in [-0.25, -0.2) is 4.79 Å². The zero-order valence-electron chi connectivity index (χ0n) is 11.9. The van der Waals surface area contributed by atoms with E-state index in [1.54, 1.807) is 0 Å². The molecule has 2 unspecified atom stereocenters. The highest BCUT2D eigenvalue weighted by Crippen LogP contribution is 2.34. The Kier molecular flexibility index (Phi) is 3.77. The van der Waals surface area contributed by atoms with Crippen LogP contribution in [-0.4, -0.2) is 22.6 Å². The Morgan fingerprint density at radius 1 is 0.909 bits per heavy atom. The summed E-state index contributed by atoms with van der Waals surface area (Å²) in [5, 5.41) is 10.8. The summed E-state index contributed by atoms with van der Waals surface area (Å²) in [6.45, 7) is 0. The summed E-state index contributed by atoms with van der Waals surface area (Å²) in [6.07, 6.45) is 0.338. The Morgan fingerprint density at radius 2 is 1.45 bits per heavy atom. The molecule has 1 aliphatic heterocycles. The number of esters is 2. The summed E-state index contributed by atoms with van der Waals surface area (Å²) in [5.41, 5.74) is -0.144. The molecular weight excluding hydrogens is 280 g/mol. The van der Waals surface area contributed by atoms with E-state index < -0.39 is 23.5 Å². The third-order valence-corrected chi connectivity index (χ3v) is 4.01. The zero-order chi connectivity index (χ0) is 15.6. The Morgan fingerprint density at radius 3 is 2.05 bits per heavy atom. The Labute approximate surface area is 128 Å². The monoisotopic (exact) mass is 296 g/mol. The Bertz CT molecular complexity index is 681. The van der Waals surface area contributed by atoms with E-state index in [-0.39, 0.29) is 12.8 Å². The highest BCUT2D eigenvalue weighted by Gasteiger charge is 2.56. The molecule has 1 fully saturated rings. The molecule has 112 valence electrons. The second-order valence-corrected chi connectivity index (χ2v) is 5.54. The van der Waals surface area contributed by atoms with E-state index in [0.717, 1.165) is 11.1 Å². The molecule has 4 heteroatoms. The molecule has 1 N–H and O–H groups in total. The minimum Gasteiger partial charge on any atom is -0.391 e. The van der Waals surface area contributed by atoms with Gasteiger partial charge in [-0.05, 0) is 17.5 Å². The lowest BCUT2D eigenvalue weighted by molar-refractivity contribution is -0.158. The summed E-state index contributed by atoms with van der Waals surface area (Å²) in [4.78, 5) is 24.0. The molecule has 1 saturated heterocycles. The number of aliphatic hydroxyl groups is 1. The minimum atomic E-state index is -1.81. The average Bonchev–Trinajstić information content (AvgIpc) is 2.73. The largest absolute Gasteiger partial charge is 0.391 e. The van der Waals surface area contributed by atoms with Crippen LogP contribution in [0.3, 0.4) is 0 Å². The van der Waals surface area contributed by atoms with Crippen molar-refractivity contribution >= 4 is 11.9 Å². The molecule has 0 radical (unpaired) electrons. The normalized spacial score (nSPS) is 24.3. The van der Waals surface area contributed by atoms with Crippen LogP contribution >= 0.6 is 0 Å². The second-order valence-electron chi connectivity index (χ2n) is 5.54. The maximum absolute atomic E-state index is 12.0. The molecule has 2 aromatic carbocycles. The molecule has 1 aliphatic rings. The lowest BCUT2D eigenvalue weighted by Crippen LogP contribution is -2.44. The van der Waals surface area contributed by atoms with Gasteiger partial charge < -0.3 is 9.84 Å². The first kappa shape index (κ1) is 14.5. The van der Waals surface area contributed by atoms with Crippen LogP contribution in [0.15, 0.2) is 60.7 Å². The van der Waals surface area contributed by atoms with Crippen molar-refractivity contribution in [2.24, 2.45) is 5.92 Å². The van der Waals surface area contributed by atoms with Crippen molar-refractivity contribution in [3.8, 4) is 0 Å². The van der Waals surface area contributed by atoms with Crippen molar-refractivity contribution in [1.82, 2.24) is 0 Å². The van der Waals surface area contributed by atoms with Crippen LogP contribution in [0.25, 0.3) is 0 Å². The molecule has 0 amide bonds. The molecule has 3 rings (SSSR count). The van der Waals surface area contributed by atoms with Crippen LogP contribution in [0, 0.1) is 5.92 Å². The molecule has 0 aliphatic carbocycles. The number of hydrogen-bond donors (Lipinski definition) is 1. The van der Waals surface area contributed by atoms with Crippen LogP contribution in [0.4, 0.5) is 0 Å². The number of ether oxygens (including phenoxy) is 1. The summed E-state index contributed by atoms with van der Waals surface area (Å²) in [7, 11) is 0. The van der Waals surface area contributed by atoms with E-state index >= 15 is 0 Å². The molecule has 0 bridgehead atoms. The lowest BCUT2D eigenvalue weighted by atomic mass is 9.80. The highest BCUT2D eigenvalue weighted by atomic mass is 16.6. The van der Waals surface area contributed by atoms with Gasteiger partial charge in [0.15, 0.2) is 5.60 Å². The van der Waals surface area contributed by atoms with Gasteiger partial charge in [0, 0.05) is 6.42 Å². The number of carbonyl (C=O) groups excluding carboxylic acids is 2. The van der Waals surface area contributed by atoms with Crippen LogP contribution in [0.2, 0.25) is 0 Å². The number of carbonyl (C=O) groups is 2. The fourth-order valence-corrected chi connectivity index (χ4v) is 2.79. The molecule has 2 atom stereocenters. The molecule has 22 heavy (non-hydrogen) atoms. The van der Waals surface area contributed by atoms with Crippen LogP contribution in [-0.2, 0) is 27.2 Å². The van der Waals surface area contributed by atoms with Gasteiger partial charge in [0.25, 0.3) is 0 Å². The fraction of sp³-hybridized carbons (Fsp3) is 0.222. The summed E-state index contributed by atoms with van der Waals surface area (Å²) in [6, 6.07) is 18.4. The Balaban J connectivity index is 1.89. The maximum atomic E-state index is 12.0.